The summed E-state index contributed by atoms with van der Waals surface area (Å²) in [7, 11) is 0. The first-order valence-corrected chi connectivity index (χ1v) is 3.86. The van der Waals surface area contributed by atoms with Crippen molar-refractivity contribution in [2.24, 2.45) is 0 Å². The third-order valence-corrected chi connectivity index (χ3v) is 1.73. The second-order valence-corrected chi connectivity index (χ2v) is 2.55. The zero-order valence-corrected chi connectivity index (χ0v) is 7.15. The molecule has 4 nitrogen and oxygen atoms in total. The number of rotatable bonds is 3. The van der Waals surface area contributed by atoms with E-state index in [1.165, 1.54) is 12.3 Å². The van der Waals surface area contributed by atoms with Crippen LogP contribution < -0.4 is 0 Å². The number of aromatic carboxylic acids is 1. The SMILES string of the molecule is CCc1cnc(C=O)c(C(=O)O)c1. The Hall–Kier alpha value is -1.71. The van der Waals surface area contributed by atoms with Gasteiger partial charge in [-0.1, -0.05) is 6.92 Å². The molecule has 68 valence electrons. The van der Waals surface area contributed by atoms with Crippen LogP contribution >= 0.6 is 0 Å². The first-order valence-electron chi connectivity index (χ1n) is 3.86. The van der Waals surface area contributed by atoms with Crippen LogP contribution in [0, 0.1) is 0 Å². The van der Waals surface area contributed by atoms with Crippen molar-refractivity contribution in [2.45, 2.75) is 13.3 Å². The lowest BCUT2D eigenvalue weighted by Gasteiger charge is -2.00. The minimum atomic E-state index is -1.12. The van der Waals surface area contributed by atoms with Gasteiger partial charge >= 0.3 is 5.97 Å². The number of aldehydes is 1. The van der Waals surface area contributed by atoms with Gasteiger partial charge in [-0.05, 0) is 18.1 Å². The molecule has 13 heavy (non-hydrogen) atoms. The fraction of sp³-hybridized carbons (Fsp3) is 0.222. The Labute approximate surface area is 75.2 Å². The van der Waals surface area contributed by atoms with Crippen LogP contribution in [0.25, 0.3) is 0 Å². The minimum absolute atomic E-state index is 0.0234. The van der Waals surface area contributed by atoms with Gasteiger partial charge < -0.3 is 5.11 Å². The highest BCUT2D eigenvalue weighted by Gasteiger charge is 2.10. The normalized spacial score (nSPS) is 9.62. The molecule has 1 rings (SSSR count). The standard InChI is InChI=1S/C9H9NO3/c1-2-6-3-7(9(12)13)8(5-11)10-4-6/h3-5H,2H2,1H3,(H,12,13). The molecule has 0 amide bonds. The predicted molar refractivity (Wildman–Crippen MR) is 46.0 cm³/mol. The van der Waals surface area contributed by atoms with Crippen LogP contribution in [0.4, 0.5) is 0 Å². The lowest BCUT2D eigenvalue weighted by molar-refractivity contribution is 0.0693. The first-order chi connectivity index (χ1) is 6.19. The van der Waals surface area contributed by atoms with Crippen LogP contribution in [0.15, 0.2) is 12.3 Å². The summed E-state index contributed by atoms with van der Waals surface area (Å²) in [6.45, 7) is 1.89. The van der Waals surface area contributed by atoms with Crippen molar-refractivity contribution in [3.8, 4) is 0 Å². The first kappa shape index (κ1) is 9.38. The largest absolute Gasteiger partial charge is 0.478 e. The van der Waals surface area contributed by atoms with Gasteiger partial charge in [0.1, 0.15) is 5.69 Å². The molecule has 0 radical (unpaired) electrons. The van der Waals surface area contributed by atoms with Crippen molar-refractivity contribution in [3.63, 3.8) is 0 Å². The maximum absolute atomic E-state index is 10.6. The van der Waals surface area contributed by atoms with E-state index in [9.17, 15) is 9.59 Å². The highest BCUT2D eigenvalue weighted by Crippen LogP contribution is 2.07. The topological polar surface area (TPSA) is 67.3 Å². The molecule has 1 aromatic heterocycles. The van der Waals surface area contributed by atoms with Crippen molar-refractivity contribution < 1.29 is 14.7 Å². The summed E-state index contributed by atoms with van der Waals surface area (Å²) < 4.78 is 0. The molecule has 0 unspecified atom stereocenters. The highest BCUT2D eigenvalue weighted by atomic mass is 16.4. The molecule has 0 spiro atoms. The second kappa shape index (κ2) is 3.80. The van der Waals surface area contributed by atoms with Crippen LogP contribution in [0.3, 0.4) is 0 Å². The Kier molecular flexibility index (Phi) is 2.74. The molecule has 1 N–H and O–H groups in total. The predicted octanol–water partition coefficient (Wildman–Crippen LogP) is 1.15. The number of hydrogen-bond donors (Lipinski definition) is 1. The van der Waals surface area contributed by atoms with Crippen molar-refractivity contribution in [2.75, 3.05) is 0 Å². The van der Waals surface area contributed by atoms with Gasteiger partial charge in [0.25, 0.3) is 0 Å². The van der Waals surface area contributed by atoms with Gasteiger partial charge in [0, 0.05) is 6.20 Å². The Morgan fingerprint density at radius 3 is 2.85 bits per heavy atom. The number of aryl methyl sites for hydroxylation is 1. The average Bonchev–Trinajstić information content (AvgIpc) is 2.16. The van der Waals surface area contributed by atoms with E-state index < -0.39 is 5.97 Å². The van der Waals surface area contributed by atoms with E-state index in [1.807, 2.05) is 6.92 Å². The van der Waals surface area contributed by atoms with Gasteiger partial charge in [0.2, 0.25) is 0 Å². The van der Waals surface area contributed by atoms with Gasteiger partial charge in [-0.3, -0.25) is 9.78 Å². The summed E-state index contributed by atoms with van der Waals surface area (Å²) in [5.41, 5.74) is 0.752. The van der Waals surface area contributed by atoms with E-state index in [1.54, 1.807) is 0 Å². The lowest BCUT2D eigenvalue weighted by Crippen LogP contribution is -2.05. The second-order valence-electron chi connectivity index (χ2n) is 2.55. The smallest absolute Gasteiger partial charge is 0.338 e. The maximum Gasteiger partial charge on any atom is 0.338 e. The van der Waals surface area contributed by atoms with Crippen molar-refractivity contribution in [3.05, 3.63) is 29.1 Å². The molecule has 0 aromatic carbocycles. The van der Waals surface area contributed by atoms with Crippen LogP contribution in [-0.4, -0.2) is 22.3 Å². The number of aromatic nitrogens is 1. The molecular weight excluding hydrogens is 170 g/mol. The molecule has 1 aromatic rings. The summed E-state index contributed by atoms with van der Waals surface area (Å²) in [5.74, 6) is -1.12. The molecule has 4 heteroatoms. The monoisotopic (exact) mass is 179 g/mol. The van der Waals surface area contributed by atoms with Gasteiger partial charge in [-0.25, -0.2) is 4.79 Å². The summed E-state index contributed by atoms with van der Waals surface area (Å²) >= 11 is 0. The number of nitrogens with zero attached hydrogens (tertiary/aromatic N) is 1. The zero-order chi connectivity index (χ0) is 9.84. The van der Waals surface area contributed by atoms with Crippen molar-refractivity contribution >= 4 is 12.3 Å². The molecule has 0 fully saturated rings. The third kappa shape index (κ3) is 1.90. The van der Waals surface area contributed by atoms with Crippen LogP contribution in [0.2, 0.25) is 0 Å². The Bertz CT molecular complexity index is 347. The molecule has 0 saturated carbocycles. The van der Waals surface area contributed by atoms with Crippen molar-refractivity contribution in [1.82, 2.24) is 4.98 Å². The number of carbonyl (C=O) groups is 2. The minimum Gasteiger partial charge on any atom is -0.478 e. The number of carbonyl (C=O) groups excluding carboxylic acids is 1. The number of carboxylic acid groups (broad SMARTS) is 1. The van der Waals surface area contributed by atoms with E-state index in [0.717, 1.165) is 5.56 Å². The molecular formula is C9H9NO3. The molecule has 1 heterocycles. The van der Waals surface area contributed by atoms with Gasteiger partial charge in [0.05, 0.1) is 5.56 Å². The van der Waals surface area contributed by atoms with E-state index in [2.05, 4.69) is 4.98 Å². The van der Waals surface area contributed by atoms with E-state index in [4.69, 9.17) is 5.11 Å². The van der Waals surface area contributed by atoms with Crippen LogP contribution in [0.1, 0.15) is 33.3 Å². The molecule has 0 atom stereocenters. The Morgan fingerprint density at radius 1 is 1.69 bits per heavy atom. The average molecular weight is 179 g/mol. The number of hydrogen-bond acceptors (Lipinski definition) is 3. The van der Waals surface area contributed by atoms with E-state index in [-0.39, 0.29) is 11.3 Å². The van der Waals surface area contributed by atoms with Gasteiger partial charge in [-0.15, -0.1) is 0 Å². The highest BCUT2D eigenvalue weighted by molar-refractivity contribution is 5.95. The Morgan fingerprint density at radius 2 is 2.38 bits per heavy atom. The van der Waals surface area contributed by atoms with Gasteiger partial charge in [0.15, 0.2) is 6.29 Å². The molecule has 0 aliphatic carbocycles. The fourth-order valence-electron chi connectivity index (χ4n) is 0.977. The summed E-state index contributed by atoms with van der Waals surface area (Å²) in [5, 5.41) is 8.72. The molecule has 0 aliphatic rings. The number of pyridine rings is 1. The fourth-order valence-corrected chi connectivity index (χ4v) is 0.977. The van der Waals surface area contributed by atoms with Crippen molar-refractivity contribution in [1.29, 1.82) is 0 Å². The molecule has 0 saturated heterocycles. The lowest BCUT2D eigenvalue weighted by atomic mass is 10.1. The van der Waals surface area contributed by atoms with E-state index in [0.29, 0.717) is 12.7 Å². The zero-order valence-electron chi connectivity index (χ0n) is 7.15. The van der Waals surface area contributed by atoms with Crippen LogP contribution in [0.5, 0.6) is 0 Å². The van der Waals surface area contributed by atoms with Gasteiger partial charge in [-0.2, -0.15) is 0 Å². The van der Waals surface area contributed by atoms with Crippen LogP contribution in [-0.2, 0) is 6.42 Å². The van der Waals surface area contributed by atoms with E-state index >= 15 is 0 Å². The Balaban J connectivity index is 3.25. The summed E-state index contributed by atoms with van der Waals surface area (Å²) in [6.07, 6.45) is 2.66. The maximum atomic E-state index is 10.6. The molecule has 0 aliphatic heterocycles. The third-order valence-electron chi connectivity index (χ3n) is 1.73. The summed E-state index contributed by atoms with van der Waals surface area (Å²) in [4.78, 5) is 24.8. The number of carboxylic acids is 1. The summed E-state index contributed by atoms with van der Waals surface area (Å²) in [6, 6.07) is 1.47. The molecule has 0 bridgehead atoms. The quantitative estimate of drug-likeness (QED) is 0.707.